The van der Waals surface area contributed by atoms with Crippen LogP contribution in [0, 0.1) is 5.41 Å². The number of hydrogen-bond acceptors (Lipinski definition) is 4. The molecule has 0 unspecified atom stereocenters. The Morgan fingerprint density at radius 3 is 2.75 bits per heavy atom. The maximum Gasteiger partial charge on any atom is 0.354 e. The molecule has 0 atom stereocenters. The maximum absolute atomic E-state index is 11.0. The number of aromatic nitrogens is 2. The van der Waals surface area contributed by atoms with E-state index in [1.165, 1.54) is 0 Å². The topological polar surface area (TPSA) is 89.1 Å². The highest BCUT2D eigenvalue weighted by Gasteiger charge is 2.30. The molecule has 86 valence electrons. The van der Waals surface area contributed by atoms with E-state index in [4.69, 9.17) is 10.8 Å². The van der Waals surface area contributed by atoms with E-state index in [0.29, 0.717) is 6.42 Å². The van der Waals surface area contributed by atoms with Gasteiger partial charge in [0.25, 0.3) is 0 Å². The fourth-order valence-electron chi connectivity index (χ4n) is 2.14. The Balaban J connectivity index is 2.54. The quantitative estimate of drug-likeness (QED) is 0.745. The van der Waals surface area contributed by atoms with Crippen LogP contribution in [0.15, 0.2) is 0 Å². The molecule has 1 aromatic rings. The van der Waals surface area contributed by atoms with Crippen LogP contribution < -0.4 is 5.73 Å². The number of fused-ring (bicyclic) bond motifs is 1. The van der Waals surface area contributed by atoms with E-state index in [1.54, 1.807) is 0 Å². The van der Waals surface area contributed by atoms with Crippen molar-refractivity contribution in [1.82, 2.24) is 9.97 Å². The van der Waals surface area contributed by atoms with Crippen molar-refractivity contribution in [2.45, 2.75) is 33.1 Å². The Bertz CT molecular complexity index is 455. The SMILES string of the molecule is CC1(C)CCc2c(nc(N)nc2C(=O)O)C1. The minimum Gasteiger partial charge on any atom is -0.476 e. The van der Waals surface area contributed by atoms with Gasteiger partial charge in [0.2, 0.25) is 5.95 Å². The molecule has 5 nitrogen and oxygen atoms in total. The largest absolute Gasteiger partial charge is 0.476 e. The molecule has 3 N–H and O–H groups in total. The summed E-state index contributed by atoms with van der Waals surface area (Å²) in [5.41, 5.74) is 7.29. The summed E-state index contributed by atoms with van der Waals surface area (Å²) in [6.45, 7) is 4.29. The van der Waals surface area contributed by atoms with Gasteiger partial charge in [0.1, 0.15) is 0 Å². The summed E-state index contributed by atoms with van der Waals surface area (Å²) in [5.74, 6) is -0.973. The van der Waals surface area contributed by atoms with Crippen molar-refractivity contribution in [2.75, 3.05) is 5.73 Å². The summed E-state index contributed by atoms with van der Waals surface area (Å²) in [6.07, 6.45) is 2.42. The van der Waals surface area contributed by atoms with Gasteiger partial charge in [-0.15, -0.1) is 0 Å². The minimum absolute atomic E-state index is 0.0499. The number of rotatable bonds is 1. The second-order valence-corrected chi connectivity index (χ2v) is 5.00. The standard InChI is InChI=1S/C11H15N3O2/c1-11(2)4-3-6-7(5-11)13-10(12)14-8(6)9(15)16/h3-5H2,1-2H3,(H,15,16)(H2,12,13,14). The highest BCUT2D eigenvalue weighted by Crippen LogP contribution is 2.34. The van der Waals surface area contributed by atoms with Crippen LogP contribution in [0.5, 0.6) is 0 Å². The summed E-state index contributed by atoms with van der Waals surface area (Å²) in [6, 6.07) is 0. The highest BCUT2D eigenvalue weighted by molar-refractivity contribution is 5.87. The van der Waals surface area contributed by atoms with E-state index in [9.17, 15) is 4.79 Å². The van der Waals surface area contributed by atoms with Gasteiger partial charge < -0.3 is 10.8 Å². The third-order valence-electron chi connectivity index (χ3n) is 3.01. The molecule has 0 bridgehead atoms. The number of carboxylic acid groups (broad SMARTS) is 1. The molecular weight excluding hydrogens is 206 g/mol. The van der Waals surface area contributed by atoms with Crippen molar-refractivity contribution in [1.29, 1.82) is 0 Å². The number of carbonyl (C=O) groups is 1. The second-order valence-electron chi connectivity index (χ2n) is 5.00. The third-order valence-corrected chi connectivity index (χ3v) is 3.01. The zero-order valence-electron chi connectivity index (χ0n) is 9.45. The molecular formula is C11H15N3O2. The van der Waals surface area contributed by atoms with Crippen LogP contribution in [0.2, 0.25) is 0 Å². The monoisotopic (exact) mass is 221 g/mol. The van der Waals surface area contributed by atoms with E-state index in [2.05, 4.69) is 23.8 Å². The molecule has 0 amide bonds. The zero-order chi connectivity index (χ0) is 11.9. The van der Waals surface area contributed by atoms with Crippen LogP contribution in [0.1, 0.15) is 42.0 Å². The first-order valence-electron chi connectivity index (χ1n) is 5.28. The molecule has 0 spiro atoms. The fourth-order valence-corrected chi connectivity index (χ4v) is 2.14. The Morgan fingerprint density at radius 2 is 2.12 bits per heavy atom. The van der Waals surface area contributed by atoms with Crippen LogP contribution in [-0.2, 0) is 12.8 Å². The lowest BCUT2D eigenvalue weighted by atomic mass is 9.76. The maximum atomic E-state index is 11.0. The lowest BCUT2D eigenvalue weighted by Crippen LogP contribution is -2.26. The van der Waals surface area contributed by atoms with Gasteiger partial charge >= 0.3 is 5.97 Å². The van der Waals surface area contributed by atoms with Crippen molar-refractivity contribution in [2.24, 2.45) is 5.41 Å². The van der Waals surface area contributed by atoms with Crippen LogP contribution >= 0.6 is 0 Å². The minimum atomic E-state index is -1.02. The first-order chi connectivity index (χ1) is 7.39. The van der Waals surface area contributed by atoms with Gasteiger partial charge in [-0.2, -0.15) is 0 Å². The molecule has 5 heteroatoms. The molecule has 1 aliphatic rings. The first kappa shape index (κ1) is 10.9. The smallest absolute Gasteiger partial charge is 0.354 e. The van der Waals surface area contributed by atoms with Crippen molar-refractivity contribution in [3.63, 3.8) is 0 Å². The lowest BCUT2D eigenvalue weighted by Gasteiger charge is -2.30. The summed E-state index contributed by atoms with van der Waals surface area (Å²) in [7, 11) is 0. The summed E-state index contributed by atoms with van der Waals surface area (Å²) < 4.78 is 0. The number of hydrogen-bond donors (Lipinski definition) is 2. The van der Waals surface area contributed by atoms with Gasteiger partial charge in [0.15, 0.2) is 5.69 Å². The molecule has 0 saturated carbocycles. The van der Waals surface area contributed by atoms with Gasteiger partial charge in [-0.05, 0) is 24.7 Å². The van der Waals surface area contributed by atoms with Crippen molar-refractivity contribution in [3.05, 3.63) is 17.0 Å². The van der Waals surface area contributed by atoms with Crippen molar-refractivity contribution < 1.29 is 9.90 Å². The van der Waals surface area contributed by atoms with E-state index >= 15 is 0 Å². The van der Waals surface area contributed by atoms with Crippen LogP contribution in [0.3, 0.4) is 0 Å². The Hall–Kier alpha value is -1.65. The Labute approximate surface area is 93.7 Å². The van der Waals surface area contributed by atoms with Gasteiger partial charge in [0, 0.05) is 5.56 Å². The van der Waals surface area contributed by atoms with E-state index in [0.717, 1.165) is 24.1 Å². The van der Waals surface area contributed by atoms with Crippen LogP contribution in [-0.4, -0.2) is 21.0 Å². The number of anilines is 1. The second kappa shape index (κ2) is 3.43. The predicted molar refractivity (Wildman–Crippen MR) is 59.2 cm³/mol. The Kier molecular flexibility index (Phi) is 2.33. The van der Waals surface area contributed by atoms with E-state index in [-0.39, 0.29) is 17.1 Å². The molecule has 1 aromatic heterocycles. The van der Waals surface area contributed by atoms with Crippen LogP contribution in [0.25, 0.3) is 0 Å². The molecule has 0 aromatic carbocycles. The normalized spacial score (nSPS) is 17.9. The third kappa shape index (κ3) is 1.85. The van der Waals surface area contributed by atoms with Crippen molar-refractivity contribution in [3.8, 4) is 0 Å². The van der Waals surface area contributed by atoms with E-state index in [1.807, 2.05) is 0 Å². The molecule has 0 fully saturated rings. The van der Waals surface area contributed by atoms with Gasteiger partial charge in [-0.3, -0.25) is 0 Å². The molecule has 0 radical (unpaired) electrons. The number of nitrogen functional groups attached to an aromatic ring is 1. The lowest BCUT2D eigenvalue weighted by molar-refractivity contribution is 0.0687. The van der Waals surface area contributed by atoms with Gasteiger partial charge in [-0.1, -0.05) is 13.8 Å². The van der Waals surface area contributed by atoms with Crippen LogP contribution in [0.4, 0.5) is 5.95 Å². The molecule has 0 saturated heterocycles. The summed E-state index contributed by atoms with van der Waals surface area (Å²) >= 11 is 0. The average Bonchev–Trinajstić information content (AvgIpc) is 2.13. The van der Waals surface area contributed by atoms with Gasteiger partial charge in [0.05, 0.1) is 5.69 Å². The number of carboxylic acids is 1. The number of aromatic carboxylic acids is 1. The highest BCUT2D eigenvalue weighted by atomic mass is 16.4. The van der Waals surface area contributed by atoms with Gasteiger partial charge in [-0.25, -0.2) is 14.8 Å². The molecule has 1 aliphatic carbocycles. The summed E-state index contributed by atoms with van der Waals surface area (Å²) in [5, 5.41) is 9.05. The molecule has 0 aliphatic heterocycles. The van der Waals surface area contributed by atoms with Crippen molar-refractivity contribution >= 4 is 11.9 Å². The van der Waals surface area contributed by atoms with E-state index < -0.39 is 5.97 Å². The number of nitrogens with zero attached hydrogens (tertiary/aromatic N) is 2. The fraction of sp³-hybridized carbons (Fsp3) is 0.545. The predicted octanol–water partition coefficient (Wildman–Crippen LogP) is 1.27. The summed E-state index contributed by atoms with van der Waals surface area (Å²) in [4.78, 5) is 19.0. The molecule has 2 rings (SSSR count). The average molecular weight is 221 g/mol. The molecule has 1 heterocycles. The first-order valence-corrected chi connectivity index (χ1v) is 5.28. The Morgan fingerprint density at radius 1 is 1.44 bits per heavy atom. The molecule has 16 heavy (non-hydrogen) atoms. The number of nitrogens with two attached hydrogens (primary N) is 1. The zero-order valence-corrected chi connectivity index (χ0v) is 9.45.